The third-order valence-electron chi connectivity index (χ3n) is 10.2. The van der Waals surface area contributed by atoms with Crippen molar-refractivity contribution in [1.82, 2.24) is 0 Å². The number of hydrogen-bond acceptors (Lipinski definition) is 4. The Balaban J connectivity index is 1.16. The second-order valence-electron chi connectivity index (χ2n) is 13.6. The Morgan fingerprint density at radius 3 is 1.54 bits per heavy atom. The van der Waals surface area contributed by atoms with E-state index in [1.807, 2.05) is 84.9 Å². The van der Waals surface area contributed by atoms with Crippen LogP contribution in [0, 0.1) is 11.8 Å². The predicted octanol–water partition coefficient (Wildman–Crippen LogP) is 11.0. The third-order valence-corrected chi connectivity index (χ3v) is 10.2. The Bertz CT molecular complexity index is 1480. The first-order valence-corrected chi connectivity index (χ1v) is 17.3. The van der Waals surface area contributed by atoms with Gasteiger partial charge < -0.3 is 14.2 Å². The number of ether oxygens (including phenoxy) is 3. The maximum atomic E-state index is 13.7. The van der Waals surface area contributed by atoms with Crippen LogP contribution in [-0.2, 0) is 9.47 Å². The third kappa shape index (κ3) is 8.27. The van der Waals surface area contributed by atoms with Crippen molar-refractivity contribution in [2.75, 3.05) is 6.79 Å². The highest BCUT2D eigenvalue weighted by Gasteiger charge is 2.30. The van der Waals surface area contributed by atoms with E-state index in [4.69, 9.17) is 14.2 Å². The minimum atomic E-state index is -0.671. The monoisotopic (exact) mass is 616 g/mol. The molecule has 0 aliphatic heterocycles. The minimum Gasteiger partial charge on any atom is -0.468 e. The van der Waals surface area contributed by atoms with Gasteiger partial charge in [-0.05, 0) is 95.9 Å². The molecule has 0 bridgehead atoms. The zero-order valence-electron chi connectivity index (χ0n) is 27.4. The lowest BCUT2D eigenvalue weighted by Crippen LogP contribution is -2.22. The average Bonchev–Trinajstić information content (AvgIpc) is 3.11. The largest absolute Gasteiger partial charge is 0.468 e. The van der Waals surface area contributed by atoms with Gasteiger partial charge in [0.1, 0.15) is 11.9 Å². The van der Waals surface area contributed by atoms with Crippen molar-refractivity contribution in [2.45, 2.75) is 89.3 Å². The molecule has 0 saturated heterocycles. The molecule has 0 radical (unpaired) electrons. The zero-order chi connectivity index (χ0) is 31.7. The number of rotatable bonds is 11. The summed E-state index contributed by atoms with van der Waals surface area (Å²) in [4.78, 5) is 13.7. The summed E-state index contributed by atoms with van der Waals surface area (Å²) in [6.07, 6.45) is 8.83. The number of carbonyl (C=O) groups excluding carboxylic acids is 1. The van der Waals surface area contributed by atoms with Crippen LogP contribution in [0.25, 0.3) is 0 Å². The second kappa shape index (κ2) is 15.6. The molecule has 2 unspecified atom stereocenters. The normalized spacial score (nSPS) is 22.8. The van der Waals surface area contributed by atoms with E-state index >= 15 is 0 Å². The van der Waals surface area contributed by atoms with E-state index in [1.165, 1.54) is 62.5 Å². The molecule has 4 nitrogen and oxygen atoms in total. The molecular weight excluding hydrogens is 568 g/mol. The van der Waals surface area contributed by atoms with Gasteiger partial charge in [0.05, 0.1) is 5.56 Å². The van der Waals surface area contributed by atoms with E-state index in [9.17, 15) is 4.79 Å². The smallest absolute Gasteiger partial charge is 0.338 e. The van der Waals surface area contributed by atoms with E-state index < -0.39 is 12.2 Å². The van der Waals surface area contributed by atoms with E-state index in [0.29, 0.717) is 17.4 Å². The van der Waals surface area contributed by atoms with Gasteiger partial charge in [-0.15, -0.1) is 0 Å². The van der Waals surface area contributed by atoms with Crippen LogP contribution in [0.3, 0.4) is 0 Å². The fourth-order valence-electron chi connectivity index (χ4n) is 7.22. The molecule has 240 valence electrons. The first-order chi connectivity index (χ1) is 22.5. The van der Waals surface area contributed by atoms with Gasteiger partial charge in [-0.3, -0.25) is 0 Å². The first kappa shape index (κ1) is 32.1. The van der Waals surface area contributed by atoms with Gasteiger partial charge >= 0.3 is 5.97 Å². The minimum absolute atomic E-state index is 0.0233. The van der Waals surface area contributed by atoms with Crippen molar-refractivity contribution in [2.24, 2.45) is 11.8 Å². The summed E-state index contributed by atoms with van der Waals surface area (Å²) in [5.41, 5.74) is 5.02. The molecule has 4 aromatic rings. The molecule has 4 aromatic carbocycles. The maximum absolute atomic E-state index is 13.7. The van der Waals surface area contributed by atoms with Crippen LogP contribution in [0.5, 0.6) is 5.75 Å². The number of carbonyl (C=O) groups is 1. The van der Waals surface area contributed by atoms with Gasteiger partial charge in [-0.2, -0.15) is 0 Å². The highest BCUT2D eigenvalue weighted by molar-refractivity contribution is 5.89. The Hall–Kier alpha value is -3.89. The molecular formula is C42H48O4. The van der Waals surface area contributed by atoms with Gasteiger partial charge in [0, 0.05) is 0 Å². The fraction of sp³-hybridized carbons (Fsp3) is 0.405. The predicted molar refractivity (Wildman–Crippen MR) is 184 cm³/mol. The first-order valence-electron chi connectivity index (χ1n) is 17.3. The average molecular weight is 617 g/mol. The highest BCUT2D eigenvalue weighted by atomic mass is 16.7. The molecule has 0 amide bonds. The maximum Gasteiger partial charge on any atom is 0.338 e. The summed E-state index contributed by atoms with van der Waals surface area (Å²) < 4.78 is 18.9. The fourth-order valence-corrected chi connectivity index (χ4v) is 7.22. The summed E-state index contributed by atoms with van der Waals surface area (Å²) in [5, 5.41) is 0. The van der Waals surface area contributed by atoms with Gasteiger partial charge in [0.25, 0.3) is 0 Å². The van der Waals surface area contributed by atoms with Gasteiger partial charge in [-0.25, -0.2) is 4.79 Å². The molecule has 6 rings (SSSR count). The molecule has 0 aromatic heterocycles. The van der Waals surface area contributed by atoms with Gasteiger partial charge in [-0.1, -0.05) is 124 Å². The molecule has 0 heterocycles. The van der Waals surface area contributed by atoms with Crippen LogP contribution in [0.4, 0.5) is 0 Å². The van der Waals surface area contributed by atoms with Crippen LogP contribution >= 0.6 is 0 Å². The van der Waals surface area contributed by atoms with E-state index in [0.717, 1.165) is 28.7 Å². The van der Waals surface area contributed by atoms with E-state index in [2.05, 4.69) is 38.1 Å². The zero-order valence-corrected chi connectivity index (χ0v) is 27.4. The van der Waals surface area contributed by atoms with Crippen LogP contribution in [0.1, 0.15) is 122 Å². The molecule has 0 N–H and O–H groups in total. The molecule has 0 spiro atoms. The van der Waals surface area contributed by atoms with Crippen molar-refractivity contribution < 1.29 is 19.0 Å². The van der Waals surface area contributed by atoms with Crippen molar-refractivity contribution in [3.8, 4) is 5.75 Å². The van der Waals surface area contributed by atoms with Gasteiger partial charge in [0.15, 0.2) is 12.9 Å². The molecule has 2 aliphatic carbocycles. The summed E-state index contributed by atoms with van der Waals surface area (Å²) in [7, 11) is 0. The summed E-state index contributed by atoms with van der Waals surface area (Å²) in [6.45, 7) is 4.72. The lowest BCUT2D eigenvalue weighted by atomic mass is 9.79. The van der Waals surface area contributed by atoms with Crippen molar-refractivity contribution >= 4 is 5.97 Å². The molecule has 2 atom stereocenters. The summed E-state index contributed by atoms with van der Waals surface area (Å²) in [5.74, 6) is 3.25. The Morgan fingerprint density at radius 1 is 0.587 bits per heavy atom. The van der Waals surface area contributed by atoms with Crippen LogP contribution in [0.2, 0.25) is 0 Å². The second-order valence-corrected chi connectivity index (χ2v) is 13.6. The Morgan fingerprint density at radius 2 is 1.04 bits per heavy atom. The molecule has 2 fully saturated rings. The van der Waals surface area contributed by atoms with Crippen molar-refractivity contribution in [1.29, 1.82) is 0 Å². The topological polar surface area (TPSA) is 44.8 Å². The lowest BCUT2D eigenvalue weighted by Gasteiger charge is -2.28. The van der Waals surface area contributed by atoms with Gasteiger partial charge in [0.2, 0.25) is 0 Å². The number of benzene rings is 4. The molecule has 4 heteroatoms. The lowest BCUT2D eigenvalue weighted by molar-refractivity contribution is -0.0985. The van der Waals surface area contributed by atoms with Crippen molar-refractivity contribution in [3.05, 3.63) is 137 Å². The van der Waals surface area contributed by atoms with Crippen LogP contribution in [0.15, 0.2) is 109 Å². The highest BCUT2D eigenvalue weighted by Crippen LogP contribution is 2.39. The standard InChI is InChI=1S/C42H48O4/c1-30-13-17-32(18-14-30)34-21-23-38(24-22-34)42(43)46-41(37-11-7-4-8-12-37)40(36-9-5-3-6-10-36)45-29-44-39-27-25-35(26-28-39)33-19-15-31(2)16-20-33/h3-12,21-28,30-33,40-41H,13-20,29H2,1-2H3. The Kier molecular flexibility index (Phi) is 10.9. The quantitative estimate of drug-likeness (QED) is 0.124. The number of hydrogen-bond donors (Lipinski definition) is 0. The van der Waals surface area contributed by atoms with Crippen LogP contribution < -0.4 is 4.74 Å². The summed E-state index contributed by atoms with van der Waals surface area (Å²) >= 11 is 0. The summed E-state index contributed by atoms with van der Waals surface area (Å²) in [6, 6.07) is 36.3. The van der Waals surface area contributed by atoms with Crippen LogP contribution in [-0.4, -0.2) is 12.8 Å². The number of esters is 1. The SMILES string of the molecule is CC1CCC(c2ccc(OCOC(c3ccccc3)C(OC(=O)c3ccc(C4CCC(C)CC4)cc3)c3ccccc3)cc2)CC1. The molecule has 2 saturated carbocycles. The molecule has 2 aliphatic rings. The van der Waals surface area contributed by atoms with E-state index in [1.54, 1.807) is 0 Å². The molecule has 46 heavy (non-hydrogen) atoms. The van der Waals surface area contributed by atoms with E-state index in [-0.39, 0.29) is 12.8 Å². The Labute approximate surface area is 275 Å². The van der Waals surface area contributed by atoms with Crippen molar-refractivity contribution in [3.63, 3.8) is 0 Å².